The third kappa shape index (κ3) is 3.76. The highest BCUT2D eigenvalue weighted by Gasteiger charge is 2.20. The van der Waals surface area contributed by atoms with Crippen LogP contribution in [-0.4, -0.2) is 42.8 Å². The first-order valence-corrected chi connectivity index (χ1v) is 10.3. The van der Waals surface area contributed by atoms with Gasteiger partial charge in [0.15, 0.2) is 0 Å². The summed E-state index contributed by atoms with van der Waals surface area (Å²) in [5, 5.41) is 3.51. The highest BCUT2D eigenvalue weighted by atomic mass is 16.5. The van der Waals surface area contributed by atoms with E-state index in [1.54, 1.807) is 0 Å². The van der Waals surface area contributed by atoms with Gasteiger partial charge in [0.2, 0.25) is 5.95 Å². The number of hydrogen-bond acceptors (Lipinski definition) is 6. The molecule has 0 unspecified atom stereocenters. The van der Waals surface area contributed by atoms with Gasteiger partial charge in [0, 0.05) is 31.5 Å². The van der Waals surface area contributed by atoms with Gasteiger partial charge in [0.25, 0.3) is 0 Å². The fourth-order valence-electron chi connectivity index (χ4n) is 4.09. The normalized spacial score (nSPS) is 16.4. The van der Waals surface area contributed by atoms with Gasteiger partial charge in [-0.3, -0.25) is 0 Å². The average Bonchev–Trinajstić information content (AvgIpc) is 2.80. The van der Waals surface area contributed by atoms with Gasteiger partial charge in [-0.1, -0.05) is 30.3 Å². The van der Waals surface area contributed by atoms with Crippen molar-refractivity contribution in [1.82, 2.24) is 9.97 Å². The number of nitrogens with zero attached hydrogens (tertiary/aromatic N) is 4. The largest absolute Gasteiger partial charge is 0.378 e. The molecule has 0 spiro atoms. The van der Waals surface area contributed by atoms with E-state index in [2.05, 4.69) is 68.6 Å². The second-order valence-electron chi connectivity index (χ2n) is 7.37. The van der Waals surface area contributed by atoms with Crippen molar-refractivity contribution >= 4 is 28.8 Å². The molecule has 1 aromatic heterocycles. The summed E-state index contributed by atoms with van der Waals surface area (Å²) in [4.78, 5) is 14.0. The number of anilines is 5. The number of morpholine rings is 1. The SMILES string of the molecule is c1ccc2c(c1)CCCN2c1nccc(Nc2ccccc2N2CCOCC2)n1. The predicted molar refractivity (Wildman–Crippen MR) is 117 cm³/mol. The molecule has 6 heteroatoms. The Kier molecular flexibility index (Phi) is 5.01. The molecule has 6 nitrogen and oxygen atoms in total. The van der Waals surface area contributed by atoms with E-state index in [4.69, 9.17) is 9.72 Å². The van der Waals surface area contributed by atoms with Crippen molar-refractivity contribution in [2.75, 3.05) is 48.0 Å². The van der Waals surface area contributed by atoms with Crippen LogP contribution in [0.1, 0.15) is 12.0 Å². The Morgan fingerprint density at radius 1 is 0.862 bits per heavy atom. The van der Waals surface area contributed by atoms with Crippen molar-refractivity contribution < 1.29 is 4.74 Å². The third-order valence-electron chi connectivity index (χ3n) is 5.51. The molecule has 1 N–H and O–H groups in total. The number of hydrogen-bond donors (Lipinski definition) is 1. The number of aryl methyl sites for hydroxylation is 1. The Morgan fingerprint density at radius 2 is 1.66 bits per heavy atom. The van der Waals surface area contributed by atoms with Gasteiger partial charge in [-0.2, -0.15) is 4.98 Å². The summed E-state index contributed by atoms with van der Waals surface area (Å²) in [6.45, 7) is 4.27. The molecule has 2 aliphatic rings. The maximum atomic E-state index is 5.50. The lowest BCUT2D eigenvalue weighted by molar-refractivity contribution is 0.123. The molecule has 148 valence electrons. The Morgan fingerprint density at radius 3 is 2.55 bits per heavy atom. The maximum Gasteiger partial charge on any atom is 0.231 e. The number of ether oxygens (including phenoxy) is 1. The van der Waals surface area contributed by atoms with Crippen LogP contribution < -0.4 is 15.1 Å². The molecule has 1 fully saturated rings. The van der Waals surface area contributed by atoms with E-state index in [-0.39, 0.29) is 0 Å². The molecule has 0 radical (unpaired) electrons. The average molecular weight is 387 g/mol. The van der Waals surface area contributed by atoms with Crippen LogP contribution in [0.3, 0.4) is 0 Å². The Balaban J connectivity index is 1.42. The van der Waals surface area contributed by atoms with Crippen LogP contribution in [0.2, 0.25) is 0 Å². The molecular formula is C23H25N5O. The van der Waals surface area contributed by atoms with E-state index in [0.29, 0.717) is 0 Å². The monoisotopic (exact) mass is 387 g/mol. The minimum Gasteiger partial charge on any atom is -0.378 e. The molecule has 5 rings (SSSR count). The topological polar surface area (TPSA) is 53.5 Å². The predicted octanol–water partition coefficient (Wildman–Crippen LogP) is 4.14. The number of aromatic nitrogens is 2. The molecule has 3 aromatic rings. The summed E-state index contributed by atoms with van der Waals surface area (Å²) < 4.78 is 5.50. The van der Waals surface area contributed by atoms with Gasteiger partial charge >= 0.3 is 0 Å². The van der Waals surface area contributed by atoms with Crippen LogP contribution in [-0.2, 0) is 11.2 Å². The van der Waals surface area contributed by atoms with E-state index < -0.39 is 0 Å². The van der Waals surface area contributed by atoms with E-state index in [0.717, 1.165) is 63.1 Å². The minimum absolute atomic E-state index is 0.742. The van der Waals surface area contributed by atoms with Gasteiger partial charge in [-0.25, -0.2) is 4.98 Å². The van der Waals surface area contributed by atoms with Crippen molar-refractivity contribution in [2.24, 2.45) is 0 Å². The number of nitrogens with one attached hydrogen (secondary N) is 1. The molecular weight excluding hydrogens is 362 g/mol. The van der Waals surface area contributed by atoms with Gasteiger partial charge in [-0.05, 0) is 42.7 Å². The summed E-state index contributed by atoms with van der Waals surface area (Å²) in [5.41, 5.74) is 4.81. The summed E-state index contributed by atoms with van der Waals surface area (Å²) in [6.07, 6.45) is 4.05. The van der Waals surface area contributed by atoms with Crippen LogP contribution in [0.15, 0.2) is 60.8 Å². The molecule has 3 heterocycles. The quantitative estimate of drug-likeness (QED) is 0.726. The second-order valence-corrected chi connectivity index (χ2v) is 7.37. The lowest BCUT2D eigenvalue weighted by atomic mass is 10.0. The fourth-order valence-corrected chi connectivity index (χ4v) is 4.09. The van der Waals surface area contributed by atoms with Gasteiger partial charge in [0.05, 0.1) is 24.6 Å². The Bertz CT molecular complexity index is 986. The molecule has 0 saturated carbocycles. The molecule has 0 amide bonds. The third-order valence-corrected chi connectivity index (χ3v) is 5.51. The molecule has 2 aliphatic heterocycles. The lowest BCUT2D eigenvalue weighted by Crippen LogP contribution is -2.36. The van der Waals surface area contributed by atoms with E-state index in [1.165, 1.54) is 16.9 Å². The zero-order valence-electron chi connectivity index (χ0n) is 16.4. The van der Waals surface area contributed by atoms with Crippen LogP contribution in [0, 0.1) is 0 Å². The van der Waals surface area contributed by atoms with E-state index >= 15 is 0 Å². The highest BCUT2D eigenvalue weighted by Crippen LogP contribution is 2.33. The molecule has 2 aromatic carbocycles. The van der Waals surface area contributed by atoms with Gasteiger partial charge in [-0.15, -0.1) is 0 Å². The van der Waals surface area contributed by atoms with E-state index in [1.807, 2.05) is 12.3 Å². The van der Waals surface area contributed by atoms with Gasteiger partial charge in [0.1, 0.15) is 5.82 Å². The summed E-state index contributed by atoms with van der Waals surface area (Å²) in [7, 11) is 0. The molecule has 0 aliphatic carbocycles. The van der Waals surface area contributed by atoms with Crippen LogP contribution in [0.4, 0.5) is 28.8 Å². The number of fused-ring (bicyclic) bond motifs is 1. The molecule has 0 bridgehead atoms. The summed E-state index contributed by atoms with van der Waals surface area (Å²) in [5.74, 6) is 1.55. The summed E-state index contributed by atoms with van der Waals surface area (Å²) >= 11 is 0. The van der Waals surface area contributed by atoms with Crippen LogP contribution in [0.25, 0.3) is 0 Å². The molecule has 29 heavy (non-hydrogen) atoms. The first kappa shape index (κ1) is 17.9. The summed E-state index contributed by atoms with van der Waals surface area (Å²) in [6, 6.07) is 18.8. The highest BCUT2D eigenvalue weighted by molar-refractivity contribution is 5.75. The number of rotatable bonds is 4. The molecule has 0 atom stereocenters. The maximum absolute atomic E-state index is 5.50. The van der Waals surface area contributed by atoms with Gasteiger partial charge < -0.3 is 19.9 Å². The first-order chi connectivity index (χ1) is 14.4. The minimum atomic E-state index is 0.742. The van der Waals surface area contributed by atoms with Crippen molar-refractivity contribution in [3.63, 3.8) is 0 Å². The molecule has 1 saturated heterocycles. The Hall–Kier alpha value is -3.12. The first-order valence-electron chi connectivity index (χ1n) is 10.3. The van der Waals surface area contributed by atoms with Crippen molar-refractivity contribution in [3.8, 4) is 0 Å². The van der Waals surface area contributed by atoms with Crippen LogP contribution >= 0.6 is 0 Å². The smallest absolute Gasteiger partial charge is 0.231 e. The van der Waals surface area contributed by atoms with Crippen molar-refractivity contribution in [2.45, 2.75) is 12.8 Å². The lowest BCUT2D eigenvalue weighted by Gasteiger charge is -2.31. The zero-order valence-corrected chi connectivity index (χ0v) is 16.4. The number of para-hydroxylation sites is 3. The van der Waals surface area contributed by atoms with Crippen molar-refractivity contribution in [1.29, 1.82) is 0 Å². The Labute approximate surface area is 171 Å². The number of benzene rings is 2. The fraction of sp³-hybridized carbons (Fsp3) is 0.304. The van der Waals surface area contributed by atoms with Crippen molar-refractivity contribution in [3.05, 3.63) is 66.4 Å². The van der Waals surface area contributed by atoms with E-state index in [9.17, 15) is 0 Å². The second kappa shape index (κ2) is 8.09. The van der Waals surface area contributed by atoms with Crippen LogP contribution in [0.5, 0.6) is 0 Å². The standard InChI is InChI=1S/C23H25N5O/c1-3-9-20-18(6-1)7-5-13-28(20)23-24-12-11-22(26-23)25-19-8-2-4-10-21(19)27-14-16-29-17-15-27/h1-4,6,8-12H,5,7,13-17H2,(H,24,25,26). The zero-order chi connectivity index (χ0) is 19.5.